The normalized spacial score (nSPS) is 19.8. The minimum absolute atomic E-state index is 0.169. The van der Waals surface area contributed by atoms with Crippen LogP contribution in [0.1, 0.15) is 84.2 Å². The summed E-state index contributed by atoms with van der Waals surface area (Å²) in [6.45, 7) is 13.5. The third kappa shape index (κ3) is 7.74. The monoisotopic (exact) mass is 434 g/mol. The van der Waals surface area contributed by atoms with Crippen LogP contribution in [0.25, 0.3) is 0 Å². The van der Waals surface area contributed by atoms with Crippen LogP contribution in [0.4, 0.5) is 4.79 Å². The molecule has 0 saturated heterocycles. The number of guanidine groups is 1. The Morgan fingerprint density at radius 2 is 1.71 bits per heavy atom. The Hall–Kier alpha value is -2.25. The van der Waals surface area contributed by atoms with Crippen LogP contribution in [0.15, 0.2) is 4.99 Å². The topological polar surface area (TPSA) is 92.6 Å². The summed E-state index contributed by atoms with van der Waals surface area (Å²) >= 11 is 0. The molecule has 0 bridgehead atoms. The Balaban J connectivity index is 1.92. The summed E-state index contributed by atoms with van der Waals surface area (Å²) in [7, 11) is 2.01. The van der Waals surface area contributed by atoms with Crippen LogP contribution in [0.3, 0.4) is 0 Å². The number of aliphatic imine (C=N–C) groups is 1. The van der Waals surface area contributed by atoms with E-state index in [0.717, 1.165) is 56.7 Å². The molecule has 0 spiro atoms. The first-order chi connectivity index (χ1) is 14.7. The van der Waals surface area contributed by atoms with Crippen molar-refractivity contribution in [3.63, 3.8) is 0 Å². The van der Waals surface area contributed by atoms with Gasteiger partial charge in [0.2, 0.25) is 0 Å². The van der Waals surface area contributed by atoms with Crippen molar-refractivity contribution < 1.29 is 9.53 Å². The second-order valence-electron chi connectivity index (χ2n) is 9.24. The lowest BCUT2D eigenvalue weighted by atomic mass is 9.91. The summed E-state index contributed by atoms with van der Waals surface area (Å²) in [5, 5.41) is 14.6. The fraction of sp³-hybridized carbons (Fsp3) is 0.783. The molecule has 1 aromatic rings. The summed E-state index contributed by atoms with van der Waals surface area (Å²) < 4.78 is 7.36. The van der Waals surface area contributed by atoms with Crippen molar-refractivity contribution in [3.8, 4) is 0 Å². The van der Waals surface area contributed by atoms with E-state index < -0.39 is 5.60 Å². The van der Waals surface area contributed by atoms with E-state index in [1.54, 1.807) is 0 Å². The first-order valence-electron chi connectivity index (χ1n) is 11.7. The zero-order valence-corrected chi connectivity index (χ0v) is 20.5. The number of rotatable bonds is 7. The standard InChI is InChI=1S/C23H42N6O2/c1-8-19-18(20(9-2)29(7)28-19)15-25-21(24-10-3)26-16-11-13-17(14-12-16)27-22(30)31-23(4,5)6/h16-17H,8-15H2,1-7H3,(H,27,30)(H2,24,25,26). The van der Waals surface area contributed by atoms with Crippen molar-refractivity contribution in [1.29, 1.82) is 0 Å². The van der Waals surface area contributed by atoms with Gasteiger partial charge in [0.1, 0.15) is 5.60 Å². The van der Waals surface area contributed by atoms with Gasteiger partial charge < -0.3 is 20.7 Å². The highest BCUT2D eigenvalue weighted by Crippen LogP contribution is 2.20. The Labute approximate surface area is 187 Å². The Morgan fingerprint density at radius 3 is 2.23 bits per heavy atom. The van der Waals surface area contributed by atoms with Crippen LogP contribution in [0, 0.1) is 0 Å². The lowest BCUT2D eigenvalue weighted by Crippen LogP contribution is -2.48. The number of carbonyl (C=O) groups is 1. The largest absolute Gasteiger partial charge is 0.444 e. The molecule has 0 atom stereocenters. The van der Waals surface area contributed by atoms with Crippen LogP contribution < -0.4 is 16.0 Å². The molecule has 3 N–H and O–H groups in total. The summed E-state index contributed by atoms with van der Waals surface area (Å²) in [6.07, 6.45) is 5.37. The molecule has 1 aromatic heterocycles. The molecule has 1 fully saturated rings. The average molecular weight is 435 g/mol. The molecule has 1 aliphatic carbocycles. The van der Waals surface area contributed by atoms with Gasteiger partial charge in [-0.15, -0.1) is 0 Å². The summed E-state index contributed by atoms with van der Waals surface area (Å²) in [5.74, 6) is 0.846. The van der Waals surface area contributed by atoms with Gasteiger partial charge in [0.05, 0.1) is 12.2 Å². The van der Waals surface area contributed by atoms with Crippen LogP contribution in [-0.4, -0.2) is 46.1 Å². The highest BCUT2D eigenvalue weighted by Gasteiger charge is 2.25. The van der Waals surface area contributed by atoms with Gasteiger partial charge in [-0.2, -0.15) is 5.10 Å². The van der Waals surface area contributed by atoms with E-state index in [1.165, 1.54) is 11.3 Å². The number of carbonyl (C=O) groups excluding carboxylic acids is 1. The van der Waals surface area contributed by atoms with Crippen LogP contribution >= 0.6 is 0 Å². The van der Waals surface area contributed by atoms with Crippen molar-refractivity contribution in [3.05, 3.63) is 17.0 Å². The van der Waals surface area contributed by atoms with Crippen LogP contribution in [0.5, 0.6) is 0 Å². The second-order valence-corrected chi connectivity index (χ2v) is 9.24. The number of alkyl carbamates (subject to hydrolysis) is 1. The second kappa shape index (κ2) is 11.4. The van der Waals surface area contributed by atoms with Gasteiger partial charge in [-0.1, -0.05) is 13.8 Å². The number of ether oxygens (including phenoxy) is 1. The Morgan fingerprint density at radius 1 is 1.10 bits per heavy atom. The van der Waals surface area contributed by atoms with Gasteiger partial charge in [0, 0.05) is 36.9 Å². The zero-order valence-electron chi connectivity index (χ0n) is 20.5. The van der Waals surface area contributed by atoms with Gasteiger partial charge in [-0.05, 0) is 66.2 Å². The van der Waals surface area contributed by atoms with Crippen molar-refractivity contribution in [1.82, 2.24) is 25.7 Å². The molecule has 0 aliphatic heterocycles. The molecule has 8 heteroatoms. The number of nitrogens with zero attached hydrogens (tertiary/aromatic N) is 3. The molecular formula is C23H42N6O2. The Bertz CT molecular complexity index is 742. The molecule has 1 heterocycles. The van der Waals surface area contributed by atoms with Gasteiger partial charge >= 0.3 is 6.09 Å². The number of aryl methyl sites for hydroxylation is 2. The van der Waals surface area contributed by atoms with E-state index >= 15 is 0 Å². The molecule has 1 amide bonds. The maximum Gasteiger partial charge on any atom is 0.407 e. The smallest absolute Gasteiger partial charge is 0.407 e. The average Bonchev–Trinajstić information content (AvgIpc) is 3.00. The molecule has 8 nitrogen and oxygen atoms in total. The maximum atomic E-state index is 12.0. The highest BCUT2D eigenvalue weighted by atomic mass is 16.6. The Kier molecular flexibility index (Phi) is 9.19. The van der Waals surface area contributed by atoms with Gasteiger partial charge in [0.15, 0.2) is 5.96 Å². The van der Waals surface area contributed by atoms with Crippen molar-refractivity contribution in [2.45, 2.75) is 104 Å². The number of amides is 1. The molecule has 0 radical (unpaired) electrons. The van der Waals surface area contributed by atoms with E-state index in [1.807, 2.05) is 32.5 Å². The molecule has 1 saturated carbocycles. The number of hydrogen-bond acceptors (Lipinski definition) is 4. The molecular weight excluding hydrogens is 392 g/mol. The van der Waals surface area contributed by atoms with E-state index in [0.29, 0.717) is 12.6 Å². The predicted molar refractivity (Wildman–Crippen MR) is 125 cm³/mol. The minimum atomic E-state index is -0.469. The predicted octanol–water partition coefficient (Wildman–Crippen LogP) is 3.44. The fourth-order valence-corrected chi connectivity index (χ4v) is 4.10. The zero-order chi connectivity index (χ0) is 23.0. The maximum absolute atomic E-state index is 12.0. The summed E-state index contributed by atoms with van der Waals surface area (Å²) in [6, 6.07) is 0.515. The lowest BCUT2D eigenvalue weighted by molar-refractivity contribution is 0.0490. The van der Waals surface area contributed by atoms with Crippen LogP contribution in [0.2, 0.25) is 0 Å². The SMILES string of the molecule is CCNC(=NCc1c(CC)nn(C)c1CC)NC1CCC(NC(=O)OC(C)(C)C)CC1. The lowest BCUT2D eigenvalue weighted by Gasteiger charge is -2.31. The van der Waals surface area contributed by atoms with E-state index in [2.05, 4.69) is 41.8 Å². The first-order valence-corrected chi connectivity index (χ1v) is 11.7. The van der Waals surface area contributed by atoms with Crippen molar-refractivity contribution in [2.75, 3.05) is 6.54 Å². The third-order valence-electron chi connectivity index (χ3n) is 5.56. The number of nitrogens with one attached hydrogen (secondary N) is 3. The van der Waals surface area contributed by atoms with Gasteiger partial charge in [-0.25, -0.2) is 9.79 Å². The summed E-state index contributed by atoms with van der Waals surface area (Å²) in [4.78, 5) is 16.9. The number of hydrogen-bond donors (Lipinski definition) is 3. The molecule has 0 unspecified atom stereocenters. The van der Waals surface area contributed by atoms with Crippen LogP contribution in [-0.2, 0) is 31.2 Å². The van der Waals surface area contributed by atoms with Gasteiger partial charge in [-0.3, -0.25) is 4.68 Å². The molecule has 176 valence electrons. The number of aromatic nitrogens is 2. The molecule has 0 aromatic carbocycles. The highest BCUT2D eigenvalue weighted by molar-refractivity contribution is 5.80. The third-order valence-corrected chi connectivity index (χ3v) is 5.56. The molecule has 1 aliphatic rings. The van der Waals surface area contributed by atoms with E-state index in [9.17, 15) is 4.79 Å². The fourth-order valence-electron chi connectivity index (χ4n) is 4.10. The quantitative estimate of drug-likeness (QED) is 0.452. The van der Waals surface area contributed by atoms with E-state index in [-0.39, 0.29) is 12.1 Å². The van der Waals surface area contributed by atoms with E-state index in [4.69, 9.17) is 9.73 Å². The summed E-state index contributed by atoms with van der Waals surface area (Å²) in [5.41, 5.74) is 3.16. The van der Waals surface area contributed by atoms with Gasteiger partial charge in [0.25, 0.3) is 0 Å². The minimum Gasteiger partial charge on any atom is -0.444 e. The van der Waals surface area contributed by atoms with Crippen molar-refractivity contribution in [2.24, 2.45) is 12.0 Å². The van der Waals surface area contributed by atoms with Crippen molar-refractivity contribution >= 4 is 12.1 Å². The molecule has 31 heavy (non-hydrogen) atoms. The molecule has 2 rings (SSSR count). The first kappa shape index (κ1) is 25.0.